The molecule has 1 rings (SSSR count). The zero-order chi connectivity index (χ0) is 9.14. The molecule has 0 spiro atoms. The molecule has 0 aliphatic heterocycles. The van der Waals surface area contributed by atoms with Gasteiger partial charge in [0.25, 0.3) is 0 Å². The third kappa shape index (κ3) is 2.52. The molecule has 1 N–H and O–H groups in total. The molecule has 1 saturated carbocycles. The Morgan fingerprint density at radius 2 is 2.33 bits per heavy atom. The van der Waals surface area contributed by atoms with Crippen LogP contribution in [0.5, 0.6) is 0 Å². The first-order chi connectivity index (χ1) is 5.59. The monoisotopic (exact) mass is 188 g/mol. The molecule has 0 aromatic carbocycles. The Bertz CT molecular complexity index is 201. The van der Waals surface area contributed by atoms with Crippen LogP contribution in [0.25, 0.3) is 0 Å². The number of rotatable bonds is 2. The summed E-state index contributed by atoms with van der Waals surface area (Å²) in [6.45, 7) is 3.85. The number of halogens is 1. The highest BCUT2D eigenvalue weighted by atomic mass is 35.5. The second-order valence-electron chi connectivity index (χ2n) is 3.33. The van der Waals surface area contributed by atoms with E-state index in [9.17, 15) is 4.79 Å². The molecule has 0 aromatic heterocycles. The van der Waals surface area contributed by atoms with Crippen molar-refractivity contribution in [1.29, 1.82) is 0 Å². The summed E-state index contributed by atoms with van der Waals surface area (Å²) >= 11 is 5.91. The van der Waals surface area contributed by atoms with Crippen molar-refractivity contribution >= 4 is 17.6 Å². The molecule has 1 aliphatic rings. The Balaban J connectivity index is 2.45. The molecule has 2 atom stereocenters. The minimum Gasteiger partial charge on any atom is -0.481 e. The highest BCUT2D eigenvalue weighted by Gasteiger charge is 2.24. The van der Waals surface area contributed by atoms with Gasteiger partial charge in [-0.15, -0.1) is 11.6 Å². The first-order valence-corrected chi connectivity index (χ1v) is 4.56. The molecule has 68 valence electrons. The van der Waals surface area contributed by atoms with Gasteiger partial charge in [-0.3, -0.25) is 4.79 Å². The second kappa shape index (κ2) is 3.94. The van der Waals surface area contributed by atoms with E-state index in [0.717, 1.165) is 24.8 Å². The molecule has 12 heavy (non-hydrogen) atoms. The number of alkyl halides is 1. The Morgan fingerprint density at radius 1 is 1.67 bits per heavy atom. The second-order valence-corrected chi connectivity index (χ2v) is 3.95. The number of aliphatic carboxylic acids is 1. The normalized spacial score (nSPS) is 30.2. The van der Waals surface area contributed by atoms with E-state index in [1.807, 2.05) is 0 Å². The molecule has 0 amide bonds. The van der Waals surface area contributed by atoms with E-state index in [4.69, 9.17) is 16.7 Å². The fourth-order valence-corrected chi connectivity index (χ4v) is 1.92. The first-order valence-electron chi connectivity index (χ1n) is 4.13. The number of hydrogen-bond donors (Lipinski definition) is 1. The van der Waals surface area contributed by atoms with Gasteiger partial charge in [-0.1, -0.05) is 12.2 Å². The minimum atomic E-state index is -0.742. The average molecular weight is 189 g/mol. The highest BCUT2D eigenvalue weighted by Crippen LogP contribution is 2.33. The summed E-state index contributed by atoms with van der Waals surface area (Å²) in [5.74, 6) is -0.591. The van der Waals surface area contributed by atoms with Crippen LogP contribution in [0.15, 0.2) is 12.2 Å². The van der Waals surface area contributed by atoms with Crippen molar-refractivity contribution in [1.82, 2.24) is 0 Å². The third-order valence-corrected chi connectivity index (χ3v) is 2.68. The summed E-state index contributed by atoms with van der Waals surface area (Å²) in [6, 6.07) is 0. The molecule has 2 unspecified atom stereocenters. The molecule has 0 radical (unpaired) electrons. The van der Waals surface area contributed by atoms with E-state index < -0.39 is 5.97 Å². The van der Waals surface area contributed by atoms with E-state index in [2.05, 4.69) is 6.58 Å². The third-order valence-electron chi connectivity index (χ3n) is 2.31. The number of carboxylic acid groups (broad SMARTS) is 1. The molecule has 0 aromatic rings. The first kappa shape index (κ1) is 9.59. The summed E-state index contributed by atoms with van der Waals surface area (Å²) in [7, 11) is 0. The lowest BCUT2D eigenvalue weighted by molar-refractivity contribution is -0.137. The zero-order valence-electron chi connectivity index (χ0n) is 6.92. The lowest BCUT2D eigenvalue weighted by Crippen LogP contribution is -2.19. The highest BCUT2D eigenvalue weighted by molar-refractivity contribution is 6.20. The largest absolute Gasteiger partial charge is 0.481 e. The van der Waals surface area contributed by atoms with Crippen molar-refractivity contribution in [2.75, 3.05) is 0 Å². The van der Waals surface area contributed by atoms with Crippen LogP contribution in [0.2, 0.25) is 0 Å². The van der Waals surface area contributed by atoms with Gasteiger partial charge in [0.1, 0.15) is 0 Å². The summed E-state index contributed by atoms with van der Waals surface area (Å²) in [5, 5.41) is 8.74. The summed E-state index contributed by atoms with van der Waals surface area (Å²) < 4.78 is 0. The molecular formula is C9H13ClO2. The van der Waals surface area contributed by atoms with Crippen LogP contribution in [-0.2, 0) is 4.79 Å². The standard InChI is InChI=1S/C9H13ClO2/c1-6-4-8(10)3-2-7(6)5-9(11)12/h7-8H,1-5H2,(H,11,12). The van der Waals surface area contributed by atoms with E-state index >= 15 is 0 Å². The smallest absolute Gasteiger partial charge is 0.303 e. The number of allylic oxidation sites excluding steroid dienone is 1. The van der Waals surface area contributed by atoms with Crippen molar-refractivity contribution in [2.45, 2.75) is 31.1 Å². The average Bonchev–Trinajstić information content (AvgIpc) is 1.94. The predicted molar refractivity (Wildman–Crippen MR) is 48.4 cm³/mol. The van der Waals surface area contributed by atoms with Gasteiger partial charge in [0.15, 0.2) is 0 Å². The van der Waals surface area contributed by atoms with Crippen LogP contribution >= 0.6 is 11.6 Å². The van der Waals surface area contributed by atoms with Gasteiger partial charge in [0.05, 0.1) is 6.42 Å². The van der Waals surface area contributed by atoms with Crippen molar-refractivity contribution < 1.29 is 9.90 Å². The van der Waals surface area contributed by atoms with Crippen molar-refractivity contribution in [3.8, 4) is 0 Å². The topological polar surface area (TPSA) is 37.3 Å². The van der Waals surface area contributed by atoms with Crippen LogP contribution in [-0.4, -0.2) is 16.5 Å². The van der Waals surface area contributed by atoms with Crippen LogP contribution in [0, 0.1) is 5.92 Å². The van der Waals surface area contributed by atoms with Gasteiger partial charge in [-0.05, 0) is 25.2 Å². The molecule has 0 heterocycles. The molecule has 0 saturated heterocycles. The fraction of sp³-hybridized carbons (Fsp3) is 0.667. The van der Waals surface area contributed by atoms with Gasteiger partial charge in [-0.2, -0.15) is 0 Å². The molecule has 0 bridgehead atoms. The number of carboxylic acids is 1. The van der Waals surface area contributed by atoms with E-state index in [-0.39, 0.29) is 17.7 Å². The maximum absolute atomic E-state index is 10.4. The van der Waals surface area contributed by atoms with Crippen LogP contribution in [0.4, 0.5) is 0 Å². The van der Waals surface area contributed by atoms with Gasteiger partial charge < -0.3 is 5.11 Å². The van der Waals surface area contributed by atoms with E-state index in [1.165, 1.54) is 0 Å². The van der Waals surface area contributed by atoms with Gasteiger partial charge in [0.2, 0.25) is 0 Å². The lowest BCUT2D eigenvalue weighted by Gasteiger charge is -2.26. The molecule has 3 heteroatoms. The maximum Gasteiger partial charge on any atom is 0.303 e. The predicted octanol–water partition coefficient (Wildman–Crippen LogP) is 2.42. The molecular weight excluding hydrogens is 176 g/mol. The lowest BCUT2D eigenvalue weighted by atomic mass is 9.83. The van der Waals surface area contributed by atoms with Gasteiger partial charge >= 0.3 is 5.97 Å². The Kier molecular flexibility index (Phi) is 3.15. The summed E-state index contributed by atoms with van der Waals surface area (Å²) in [6.07, 6.45) is 2.78. The van der Waals surface area contributed by atoms with Crippen LogP contribution in [0.3, 0.4) is 0 Å². The van der Waals surface area contributed by atoms with Crippen molar-refractivity contribution in [3.05, 3.63) is 12.2 Å². The van der Waals surface area contributed by atoms with Crippen LogP contribution < -0.4 is 0 Å². The van der Waals surface area contributed by atoms with E-state index in [1.54, 1.807) is 0 Å². The number of hydrogen-bond acceptors (Lipinski definition) is 1. The molecule has 1 aliphatic carbocycles. The fourth-order valence-electron chi connectivity index (χ4n) is 1.60. The summed E-state index contributed by atoms with van der Waals surface area (Å²) in [5.41, 5.74) is 1.00. The van der Waals surface area contributed by atoms with Gasteiger partial charge in [0, 0.05) is 5.38 Å². The Hall–Kier alpha value is -0.500. The van der Waals surface area contributed by atoms with Crippen LogP contribution in [0.1, 0.15) is 25.7 Å². The van der Waals surface area contributed by atoms with Gasteiger partial charge in [-0.25, -0.2) is 0 Å². The SMILES string of the molecule is C=C1CC(Cl)CCC1CC(=O)O. The van der Waals surface area contributed by atoms with Crippen molar-refractivity contribution in [3.63, 3.8) is 0 Å². The zero-order valence-corrected chi connectivity index (χ0v) is 7.68. The molecule has 1 fully saturated rings. The van der Waals surface area contributed by atoms with E-state index in [0.29, 0.717) is 0 Å². The Labute approximate surface area is 77.2 Å². The number of carbonyl (C=O) groups is 1. The Morgan fingerprint density at radius 3 is 2.83 bits per heavy atom. The summed E-state index contributed by atoms with van der Waals surface area (Å²) in [4.78, 5) is 10.4. The quantitative estimate of drug-likeness (QED) is 0.534. The minimum absolute atomic E-state index is 0.150. The maximum atomic E-state index is 10.4. The molecule has 2 nitrogen and oxygen atoms in total. The van der Waals surface area contributed by atoms with Crippen molar-refractivity contribution in [2.24, 2.45) is 5.92 Å².